The second-order valence-corrected chi connectivity index (χ2v) is 5.31. The predicted octanol–water partition coefficient (Wildman–Crippen LogP) is 3.00. The average Bonchev–Trinajstić information content (AvgIpc) is 2.48. The molecule has 3 aromatic carbocycles. The van der Waals surface area contributed by atoms with Gasteiger partial charge in [0.05, 0.1) is 6.61 Å². The first-order valence-corrected chi connectivity index (χ1v) is 6.55. The van der Waals surface area contributed by atoms with Crippen molar-refractivity contribution in [3.8, 4) is 0 Å². The summed E-state index contributed by atoms with van der Waals surface area (Å²) in [6.07, 6.45) is -0.563. The first-order chi connectivity index (χ1) is 9.65. The van der Waals surface area contributed by atoms with E-state index < -0.39 is 18.4 Å². The summed E-state index contributed by atoms with van der Waals surface area (Å²) in [6, 6.07) is 13.0. The van der Waals surface area contributed by atoms with E-state index in [0.717, 1.165) is 16.2 Å². The van der Waals surface area contributed by atoms with Gasteiger partial charge < -0.3 is 5.11 Å². The van der Waals surface area contributed by atoms with E-state index in [9.17, 15) is 13.9 Å². The van der Waals surface area contributed by atoms with Crippen molar-refractivity contribution in [1.29, 1.82) is 0 Å². The van der Waals surface area contributed by atoms with E-state index in [4.69, 9.17) is 0 Å². The largest absolute Gasteiger partial charge is 0.393 e. The molecule has 2 atom stereocenters. The Morgan fingerprint density at radius 1 is 1.00 bits per heavy atom. The fourth-order valence-corrected chi connectivity index (χ4v) is 3.20. The molecule has 20 heavy (non-hydrogen) atoms. The predicted molar refractivity (Wildman–Crippen MR) is 75.9 cm³/mol. The lowest BCUT2D eigenvalue weighted by Crippen LogP contribution is -2.39. The topological polar surface area (TPSA) is 20.2 Å². The molecule has 1 N–H and O–H groups in total. The van der Waals surface area contributed by atoms with Crippen LogP contribution in [0.25, 0.3) is 27.6 Å². The fourth-order valence-electron chi connectivity index (χ4n) is 3.20. The number of aliphatic hydroxyl groups excluding tert-OH is 1. The van der Waals surface area contributed by atoms with Gasteiger partial charge in [0.15, 0.2) is 11.8 Å². The van der Waals surface area contributed by atoms with Gasteiger partial charge in [0.1, 0.15) is 0 Å². The Labute approximate surface area is 114 Å². The molecular weight excluding hydrogens is 258 g/mol. The Balaban J connectivity index is 2.30. The molecule has 1 aliphatic carbocycles. The maximum atomic E-state index is 14.9. The van der Waals surface area contributed by atoms with E-state index in [0.29, 0.717) is 10.6 Å². The van der Waals surface area contributed by atoms with Gasteiger partial charge in [-0.2, -0.15) is 0 Å². The van der Waals surface area contributed by atoms with Crippen molar-refractivity contribution in [2.24, 2.45) is 0 Å². The van der Waals surface area contributed by atoms with Crippen LogP contribution in [0.4, 0.5) is 8.78 Å². The maximum Gasteiger partial charge on any atom is 0.193 e. The molecule has 0 aliphatic heterocycles. The summed E-state index contributed by atoms with van der Waals surface area (Å²) in [7, 11) is 0. The van der Waals surface area contributed by atoms with Crippen LogP contribution in [0.2, 0.25) is 0 Å². The molecule has 0 heterocycles. The second kappa shape index (κ2) is 3.76. The van der Waals surface area contributed by atoms with Crippen LogP contribution in [0.5, 0.6) is 0 Å². The summed E-state index contributed by atoms with van der Waals surface area (Å²) in [5, 5.41) is 13.7. The lowest BCUT2D eigenvalue weighted by molar-refractivity contribution is 0.0191. The highest BCUT2D eigenvalue weighted by Gasteiger charge is 2.43. The zero-order chi connectivity index (χ0) is 13.9. The highest BCUT2D eigenvalue weighted by Crippen LogP contribution is 2.40. The number of aliphatic hydroxyl groups is 1. The summed E-state index contributed by atoms with van der Waals surface area (Å²) in [5.74, 6) is 0. The molecular formula is C17H12F2O. The van der Waals surface area contributed by atoms with Crippen LogP contribution in [0.1, 0.15) is 5.56 Å². The van der Waals surface area contributed by atoms with Crippen LogP contribution in [0, 0.1) is 0 Å². The third kappa shape index (κ3) is 1.28. The molecule has 0 amide bonds. The van der Waals surface area contributed by atoms with Crippen LogP contribution >= 0.6 is 0 Å². The minimum absolute atomic E-state index is 0.245. The van der Waals surface area contributed by atoms with Crippen molar-refractivity contribution in [1.82, 2.24) is 0 Å². The minimum atomic E-state index is -2.36. The molecule has 2 unspecified atom stereocenters. The number of alkyl halides is 2. The highest BCUT2D eigenvalue weighted by atomic mass is 19.2. The number of halogens is 2. The highest BCUT2D eigenvalue weighted by molar-refractivity contribution is 6.12. The van der Waals surface area contributed by atoms with Crippen molar-refractivity contribution in [2.75, 3.05) is 6.61 Å². The number of benzene rings is 3. The lowest BCUT2D eigenvalue weighted by Gasteiger charge is -2.30. The molecule has 0 fully saturated rings. The van der Waals surface area contributed by atoms with E-state index in [1.54, 1.807) is 12.1 Å². The monoisotopic (exact) mass is 270 g/mol. The van der Waals surface area contributed by atoms with E-state index >= 15 is 0 Å². The number of hydrogen-bond donors (Lipinski definition) is 1. The fraction of sp³-hybridized carbons (Fsp3) is 0.176. The van der Waals surface area contributed by atoms with Crippen LogP contribution in [-0.2, 0) is 5.67 Å². The number of hydrogen-bond acceptors (Lipinski definition) is 1. The van der Waals surface area contributed by atoms with Gasteiger partial charge in [0.25, 0.3) is 0 Å². The Kier molecular flexibility index (Phi) is 2.22. The van der Waals surface area contributed by atoms with Crippen molar-refractivity contribution >= 4 is 27.6 Å². The van der Waals surface area contributed by atoms with E-state index in [-0.39, 0.29) is 5.56 Å². The molecule has 0 bridgehead atoms. The summed E-state index contributed by atoms with van der Waals surface area (Å²) in [6.45, 7) is -0.859. The first kappa shape index (κ1) is 11.8. The summed E-state index contributed by atoms with van der Waals surface area (Å²) >= 11 is 0. The smallest absolute Gasteiger partial charge is 0.193 e. The molecule has 3 aromatic rings. The van der Waals surface area contributed by atoms with E-state index in [1.807, 2.05) is 30.3 Å². The van der Waals surface area contributed by atoms with Gasteiger partial charge >= 0.3 is 0 Å². The van der Waals surface area contributed by atoms with Gasteiger partial charge in [-0.05, 0) is 32.8 Å². The maximum absolute atomic E-state index is 14.9. The Hall–Kier alpha value is -2.00. The normalized spacial score (nSPS) is 25.1. The van der Waals surface area contributed by atoms with Crippen molar-refractivity contribution in [2.45, 2.75) is 11.8 Å². The van der Waals surface area contributed by atoms with Gasteiger partial charge in [0, 0.05) is 5.56 Å². The molecule has 4 rings (SSSR count). The first-order valence-electron chi connectivity index (χ1n) is 6.55. The molecule has 1 aliphatic rings. The van der Waals surface area contributed by atoms with E-state index in [1.165, 1.54) is 6.08 Å². The van der Waals surface area contributed by atoms with Gasteiger partial charge in [-0.15, -0.1) is 0 Å². The van der Waals surface area contributed by atoms with Crippen molar-refractivity contribution in [3.05, 3.63) is 53.2 Å². The Bertz CT molecular complexity index is 871. The second-order valence-electron chi connectivity index (χ2n) is 5.31. The zero-order valence-corrected chi connectivity index (χ0v) is 10.6. The van der Waals surface area contributed by atoms with Crippen molar-refractivity contribution < 1.29 is 13.9 Å². The van der Waals surface area contributed by atoms with Gasteiger partial charge in [0.2, 0.25) is 0 Å². The summed E-state index contributed by atoms with van der Waals surface area (Å²) in [5.41, 5.74) is -2.11. The zero-order valence-electron chi connectivity index (χ0n) is 10.6. The van der Waals surface area contributed by atoms with Crippen LogP contribution in [0.15, 0.2) is 42.5 Å². The molecule has 3 heteroatoms. The third-order valence-corrected chi connectivity index (χ3v) is 4.25. The summed E-state index contributed by atoms with van der Waals surface area (Å²) in [4.78, 5) is 0. The Morgan fingerprint density at radius 3 is 2.40 bits per heavy atom. The van der Waals surface area contributed by atoms with E-state index in [2.05, 4.69) is 0 Å². The summed E-state index contributed by atoms with van der Waals surface area (Å²) < 4.78 is 29.0. The number of rotatable bonds is 1. The molecule has 0 spiro atoms. The van der Waals surface area contributed by atoms with Crippen molar-refractivity contribution in [3.63, 3.8) is 0 Å². The van der Waals surface area contributed by atoms with Gasteiger partial charge in [-0.1, -0.05) is 42.5 Å². The molecule has 0 saturated carbocycles. The molecule has 1 nitrogen and oxygen atoms in total. The molecule has 0 aromatic heterocycles. The Morgan fingerprint density at radius 2 is 1.70 bits per heavy atom. The SMILES string of the molecule is OCC1(F)c2ccc3cccc4ccc(c2c34)=CC1F. The molecule has 0 saturated heterocycles. The standard InChI is InChI=1S/C17H12F2O/c18-14-8-12-5-4-10-2-1-3-11-6-7-13(16(12)15(10)11)17(14,19)9-20/h1-8,14,20H,9H2. The quantitative estimate of drug-likeness (QED) is 0.720. The van der Waals surface area contributed by atoms with Gasteiger partial charge in [-0.25, -0.2) is 8.78 Å². The van der Waals surface area contributed by atoms with Crippen LogP contribution in [0.3, 0.4) is 0 Å². The lowest BCUT2D eigenvalue weighted by atomic mass is 9.81. The molecule has 0 radical (unpaired) electrons. The van der Waals surface area contributed by atoms with Gasteiger partial charge in [-0.3, -0.25) is 0 Å². The third-order valence-electron chi connectivity index (χ3n) is 4.25. The van der Waals surface area contributed by atoms with Crippen LogP contribution in [-0.4, -0.2) is 17.9 Å². The molecule has 100 valence electrons. The minimum Gasteiger partial charge on any atom is -0.393 e. The average molecular weight is 270 g/mol. The van der Waals surface area contributed by atoms with Crippen LogP contribution < -0.4 is 5.22 Å².